The molecule has 2 aliphatic rings. The lowest BCUT2D eigenvalue weighted by Crippen LogP contribution is -2.37. The number of ether oxygens (including phenoxy) is 1. The summed E-state index contributed by atoms with van der Waals surface area (Å²) in [7, 11) is -3.18. The molecule has 0 radical (unpaired) electrons. The molecule has 7 nitrogen and oxygen atoms in total. The van der Waals surface area contributed by atoms with Crippen molar-refractivity contribution in [2.45, 2.75) is 38.0 Å². The molecule has 0 saturated heterocycles. The van der Waals surface area contributed by atoms with Crippen LogP contribution in [0.5, 0.6) is 5.75 Å². The van der Waals surface area contributed by atoms with Gasteiger partial charge in [0, 0.05) is 30.0 Å². The van der Waals surface area contributed by atoms with Gasteiger partial charge < -0.3 is 4.74 Å². The highest BCUT2D eigenvalue weighted by Gasteiger charge is 2.41. The van der Waals surface area contributed by atoms with E-state index in [1.165, 1.54) is 11.3 Å². The van der Waals surface area contributed by atoms with Gasteiger partial charge >= 0.3 is 0 Å². The van der Waals surface area contributed by atoms with Crippen molar-refractivity contribution in [3.05, 3.63) is 40.4 Å². The van der Waals surface area contributed by atoms with Crippen molar-refractivity contribution in [2.24, 2.45) is 0 Å². The van der Waals surface area contributed by atoms with Gasteiger partial charge in [-0.15, -0.1) is 11.3 Å². The van der Waals surface area contributed by atoms with Crippen molar-refractivity contribution >= 4 is 32.4 Å². The molecule has 144 valence electrons. The molecular formula is C18H21N3O4S2. The molecule has 1 N–H and O–H groups in total. The highest BCUT2D eigenvalue weighted by atomic mass is 32.2. The molecule has 0 atom stereocenters. The summed E-state index contributed by atoms with van der Waals surface area (Å²) >= 11 is 1.35. The molecule has 4 rings (SSSR count). The van der Waals surface area contributed by atoms with E-state index >= 15 is 0 Å². The second-order valence-electron chi connectivity index (χ2n) is 6.63. The minimum absolute atomic E-state index is 0.203. The second-order valence-corrected chi connectivity index (χ2v) is 9.92. The van der Waals surface area contributed by atoms with Crippen LogP contribution in [0.2, 0.25) is 0 Å². The summed E-state index contributed by atoms with van der Waals surface area (Å²) < 4.78 is 31.8. The largest absolute Gasteiger partial charge is 0.494 e. The summed E-state index contributed by atoms with van der Waals surface area (Å²) in [6.45, 7) is 3.29. The van der Waals surface area contributed by atoms with E-state index in [0.717, 1.165) is 29.2 Å². The highest BCUT2D eigenvalue weighted by molar-refractivity contribution is 7.90. The zero-order valence-electron chi connectivity index (χ0n) is 15.0. The molecule has 1 aromatic carbocycles. The van der Waals surface area contributed by atoms with Gasteiger partial charge in [-0.2, -0.15) is 4.31 Å². The summed E-state index contributed by atoms with van der Waals surface area (Å²) in [5.41, 5.74) is 1.40. The molecule has 1 aliphatic carbocycles. The molecular weight excluding hydrogens is 386 g/mol. The first-order chi connectivity index (χ1) is 13.0. The molecule has 9 heteroatoms. The first kappa shape index (κ1) is 18.4. The molecule has 0 bridgehead atoms. The zero-order valence-corrected chi connectivity index (χ0v) is 16.6. The third-order valence-corrected chi connectivity index (χ3v) is 7.99. The van der Waals surface area contributed by atoms with E-state index in [-0.39, 0.29) is 11.2 Å². The van der Waals surface area contributed by atoms with Crippen LogP contribution in [-0.2, 0) is 23.0 Å². The van der Waals surface area contributed by atoms with Gasteiger partial charge in [0.1, 0.15) is 5.75 Å². The van der Waals surface area contributed by atoms with Crippen molar-refractivity contribution in [1.82, 2.24) is 9.29 Å². The SMILES string of the molecule is CCOc1ccc(C(=O)Nc2nc3c(s2)CN(S(=O)(=O)C2CC2)CC3)cc1. The maximum Gasteiger partial charge on any atom is 0.257 e. The number of fused-ring (bicyclic) bond motifs is 1. The van der Waals surface area contributed by atoms with E-state index in [0.29, 0.717) is 36.8 Å². The van der Waals surface area contributed by atoms with E-state index in [1.807, 2.05) is 6.92 Å². The van der Waals surface area contributed by atoms with Crippen molar-refractivity contribution in [2.75, 3.05) is 18.5 Å². The Hall–Kier alpha value is -1.97. The Morgan fingerprint density at radius 2 is 2.07 bits per heavy atom. The van der Waals surface area contributed by atoms with Crippen LogP contribution in [0.25, 0.3) is 0 Å². The molecule has 1 saturated carbocycles. The average molecular weight is 408 g/mol. The van der Waals surface area contributed by atoms with Crippen molar-refractivity contribution in [3.63, 3.8) is 0 Å². The average Bonchev–Trinajstić information content (AvgIpc) is 3.43. The number of anilines is 1. The predicted octanol–water partition coefficient (Wildman–Crippen LogP) is 2.64. The molecule has 1 fully saturated rings. The monoisotopic (exact) mass is 407 g/mol. The van der Waals surface area contributed by atoms with E-state index in [9.17, 15) is 13.2 Å². The molecule has 1 amide bonds. The number of aromatic nitrogens is 1. The number of benzene rings is 1. The summed E-state index contributed by atoms with van der Waals surface area (Å²) in [4.78, 5) is 17.8. The zero-order chi connectivity index (χ0) is 19.0. The Balaban J connectivity index is 1.44. The van der Waals surface area contributed by atoms with Crippen molar-refractivity contribution < 1.29 is 17.9 Å². The van der Waals surface area contributed by atoms with Crippen molar-refractivity contribution in [1.29, 1.82) is 0 Å². The van der Waals surface area contributed by atoms with Crippen LogP contribution in [0.3, 0.4) is 0 Å². The van der Waals surface area contributed by atoms with Crippen LogP contribution in [0.4, 0.5) is 5.13 Å². The van der Waals surface area contributed by atoms with Gasteiger partial charge in [0.15, 0.2) is 5.13 Å². The molecule has 27 heavy (non-hydrogen) atoms. The first-order valence-electron chi connectivity index (χ1n) is 8.99. The van der Waals surface area contributed by atoms with Gasteiger partial charge in [0.2, 0.25) is 10.0 Å². The van der Waals surface area contributed by atoms with E-state index < -0.39 is 10.0 Å². The summed E-state index contributed by atoms with van der Waals surface area (Å²) in [5, 5.41) is 3.12. The summed E-state index contributed by atoms with van der Waals surface area (Å²) in [5.74, 6) is 0.474. The van der Waals surface area contributed by atoms with Gasteiger partial charge in [-0.25, -0.2) is 13.4 Å². The Bertz CT molecular complexity index is 949. The van der Waals surface area contributed by atoms with Gasteiger partial charge in [0.05, 0.1) is 17.6 Å². The Morgan fingerprint density at radius 3 is 2.74 bits per heavy atom. The number of nitrogens with one attached hydrogen (secondary N) is 1. The smallest absolute Gasteiger partial charge is 0.257 e. The number of hydrogen-bond donors (Lipinski definition) is 1. The highest BCUT2D eigenvalue weighted by Crippen LogP contribution is 2.35. The minimum atomic E-state index is -3.18. The van der Waals surface area contributed by atoms with Gasteiger partial charge in [-0.1, -0.05) is 0 Å². The number of carbonyl (C=O) groups excluding carboxylic acids is 1. The molecule has 2 heterocycles. The summed E-state index contributed by atoms with van der Waals surface area (Å²) in [6.07, 6.45) is 2.10. The second kappa shape index (κ2) is 7.21. The third kappa shape index (κ3) is 3.85. The topological polar surface area (TPSA) is 88.6 Å². The van der Waals surface area contributed by atoms with E-state index in [1.54, 1.807) is 28.6 Å². The van der Waals surface area contributed by atoms with E-state index in [4.69, 9.17) is 4.74 Å². The number of carbonyl (C=O) groups is 1. The fourth-order valence-electron chi connectivity index (χ4n) is 3.06. The van der Waals surface area contributed by atoms with Crippen LogP contribution in [0.1, 0.15) is 40.7 Å². The van der Waals surface area contributed by atoms with Crippen LogP contribution >= 0.6 is 11.3 Å². The maximum absolute atomic E-state index is 12.4. The Kier molecular flexibility index (Phi) is 4.92. The number of hydrogen-bond acceptors (Lipinski definition) is 6. The van der Waals surface area contributed by atoms with Crippen LogP contribution < -0.4 is 10.1 Å². The minimum Gasteiger partial charge on any atom is -0.494 e. The third-order valence-electron chi connectivity index (χ3n) is 4.65. The predicted molar refractivity (Wildman–Crippen MR) is 104 cm³/mol. The number of thiazole rings is 1. The molecule has 2 aromatic rings. The number of sulfonamides is 1. The fourth-order valence-corrected chi connectivity index (χ4v) is 5.97. The first-order valence-corrected chi connectivity index (χ1v) is 11.3. The lowest BCUT2D eigenvalue weighted by atomic mass is 10.2. The lowest BCUT2D eigenvalue weighted by molar-refractivity contribution is 0.102. The molecule has 1 aliphatic heterocycles. The van der Waals surface area contributed by atoms with Crippen molar-refractivity contribution in [3.8, 4) is 5.75 Å². The fraction of sp³-hybridized carbons (Fsp3) is 0.444. The van der Waals surface area contributed by atoms with E-state index in [2.05, 4.69) is 10.3 Å². The molecule has 1 aromatic heterocycles. The lowest BCUT2D eigenvalue weighted by Gasteiger charge is -2.25. The van der Waals surface area contributed by atoms with Gasteiger partial charge in [-0.05, 0) is 44.0 Å². The molecule has 0 unspecified atom stereocenters. The number of rotatable bonds is 6. The summed E-state index contributed by atoms with van der Waals surface area (Å²) in [6, 6.07) is 6.92. The quantitative estimate of drug-likeness (QED) is 0.795. The van der Waals surface area contributed by atoms with Crippen LogP contribution in [0, 0.1) is 0 Å². The number of amides is 1. The number of nitrogens with zero attached hydrogens (tertiary/aromatic N) is 2. The Morgan fingerprint density at radius 1 is 1.33 bits per heavy atom. The Labute approximate surface area is 162 Å². The van der Waals surface area contributed by atoms with Crippen LogP contribution in [0.15, 0.2) is 24.3 Å². The van der Waals surface area contributed by atoms with Gasteiger partial charge in [0.25, 0.3) is 5.91 Å². The normalized spacial score (nSPS) is 17.4. The maximum atomic E-state index is 12.4. The standard InChI is InChI=1S/C18H21N3O4S2/c1-2-25-13-5-3-12(4-6-13)17(22)20-18-19-15-9-10-21(11-16(15)26-18)27(23,24)14-7-8-14/h3-6,14H,2,7-11H2,1H3,(H,19,20,22). The van der Waals surface area contributed by atoms with Crippen LogP contribution in [-0.4, -0.2) is 42.0 Å². The van der Waals surface area contributed by atoms with Gasteiger partial charge in [-0.3, -0.25) is 10.1 Å². The molecule has 0 spiro atoms.